The molecule has 0 aliphatic heterocycles. The molecule has 0 saturated heterocycles. The Kier molecular flexibility index (Phi) is 3.62. The SMILES string of the molecule is Nc1ccc(COc2ccc(Cl)c(F)c2)c2ncccc12. The first kappa shape index (κ1) is 13.6. The van der Waals surface area contributed by atoms with E-state index in [1.165, 1.54) is 12.1 Å². The van der Waals surface area contributed by atoms with E-state index in [0.717, 1.165) is 16.5 Å². The number of nitrogen functional groups attached to an aromatic ring is 1. The lowest BCUT2D eigenvalue weighted by molar-refractivity contribution is 0.306. The monoisotopic (exact) mass is 302 g/mol. The molecule has 0 radical (unpaired) electrons. The number of anilines is 1. The van der Waals surface area contributed by atoms with Crippen molar-refractivity contribution in [1.82, 2.24) is 4.98 Å². The van der Waals surface area contributed by atoms with Crippen molar-refractivity contribution >= 4 is 28.2 Å². The van der Waals surface area contributed by atoms with Crippen molar-refractivity contribution in [1.29, 1.82) is 0 Å². The molecule has 3 aromatic rings. The van der Waals surface area contributed by atoms with Crippen molar-refractivity contribution < 1.29 is 9.13 Å². The highest BCUT2D eigenvalue weighted by Gasteiger charge is 2.07. The molecule has 0 aliphatic carbocycles. The molecule has 0 spiro atoms. The molecular formula is C16H12ClFN2O. The number of benzene rings is 2. The Hall–Kier alpha value is -2.33. The van der Waals surface area contributed by atoms with Crippen LogP contribution in [0.1, 0.15) is 5.56 Å². The maximum atomic E-state index is 13.4. The van der Waals surface area contributed by atoms with Crippen molar-refractivity contribution in [2.75, 3.05) is 5.73 Å². The normalized spacial score (nSPS) is 10.8. The number of halogens is 2. The van der Waals surface area contributed by atoms with Gasteiger partial charge in [0.2, 0.25) is 0 Å². The molecule has 0 atom stereocenters. The maximum absolute atomic E-state index is 13.4. The molecule has 2 aromatic carbocycles. The van der Waals surface area contributed by atoms with Crippen molar-refractivity contribution in [3.8, 4) is 5.75 Å². The van der Waals surface area contributed by atoms with Gasteiger partial charge in [0.1, 0.15) is 18.2 Å². The van der Waals surface area contributed by atoms with Gasteiger partial charge < -0.3 is 10.5 Å². The van der Waals surface area contributed by atoms with Gasteiger partial charge in [-0.2, -0.15) is 0 Å². The summed E-state index contributed by atoms with van der Waals surface area (Å²) >= 11 is 5.64. The zero-order chi connectivity index (χ0) is 14.8. The zero-order valence-electron chi connectivity index (χ0n) is 11.0. The second kappa shape index (κ2) is 5.58. The zero-order valence-corrected chi connectivity index (χ0v) is 11.8. The van der Waals surface area contributed by atoms with Gasteiger partial charge in [0, 0.05) is 28.9 Å². The highest BCUT2D eigenvalue weighted by Crippen LogP contribution is 2.25. The maximum Gasteiger partial charge on any atom is 0.145 e. The summed E-state index contributed by atoms with van der Waals surface area (Å²) < 4.78 is 19.0. The Morgan fingerprint density at radius 3 is 2.86 bits per heavy atom. The molecule has 21 heavy (non-hydrogen) atoms. The van der Waals surface area contributed by atoms with Crippen molar-refractivity contribution in [2.45, 2.75) is 6.61 Å². The van der Waals surface area contributed by atoms with Crippen LogP contribution in [0, 0.1) is 5.82 Å². The summed E-state index contributed by atoms with van der Waals surface area (Å²) in [6, 6.07) is 11.8. The van der Waals surface area contributed by atoms with Gasteiger partial charge in [-0.15, -0.1) is 0 Å². The Bertz CT molecular complexity index is 807. The van der Waals surface area contributed by atoms with Crippen LogP contribution in [-0.4, -0.2) is 4.98 Å². The van der Waals surface area contributed by atoms with E-state index in [-0.39, 0.29) is 11.6 Å². The lowest BCUT2D eigenvalue weighted by Gasteiger charge is -2.10. The molecule has 1 aromatic heterocycles. The Balaban J connectivity index is 1.88. The second-order valence-electron chi connectivity index (χ2n) is 4.58. The third kappa shape index (κ3) is 2.76. The molecule has 0 unspecified atom stereocenters. The first-order chi connectivity index (χ1) is 10.1. The number of fused-ring (bicyclic) bond motifs is 1. The van der Waals surface area contributed by atoms with Gasteiger partial charge in [-0.3, -0.25) is 4.98 Å². The topological polar surface area (TPSA) is 48.1 Å². The molecule has 0 amide bonds. The number of aromatic nitrogens is 1. The number of ether oxygens (including phenoxy) is 1. The molecule has 0 fully saturated rings. The summed E-state index contributed by atoms with van der Waals surface area (Å²) in [6.45, 7) is 0.273. The van der Waals surface area contributed by atoms with Gasteiger partial charge in [-0.05, 0) is 30.3 Å². The number of nitrogens with zero attached hydrogens (tertiary/aromatic N) is 1. The summed E-state index contributed by atoms with van der Waals surface area (Å²) in [5.41, 5.74) is 8.26. The Labute approximate surface area is 126 Å². The lowest BCUT2D eigenvalue weighted by Crippen LogP contribution is -1.99. The number of nitrogens with two attached hydrogens (primary N) is 1. The fourth-order valence-electron chi connectivity index (χ4n) is 2.10. The molecule has 2 N–H and O–H groups in total. The first-order valence-corrected chi connectivity index (χ1v) is 6.73. The largest absolute Gasteiger partial charge is 0.489 e. The van der Waals surface area contributed by atoms with Crippen molar-refractivity contribution in [3.05, 3.63) is 65.1 Å². The summed E-state index contributed by atoms with van der Waals surface area (Å²) in [5.74, 6) is -0.0905. The van der Waals surface area contributed by atoms with Gasteiger partial charge in [0.15, 0.2) is 0 Å². The van der Waals surface area contributed by atoms with E-state index in [1.807, 2.05) is 24.3 Å². The molecule has 1 heterocycles. The first-order valence-electron chi connectivity index (χ1n) is 6.35. The average Bonchev–Trinajstić information content (AvgIpc) is 2.50. The van der Waals surface area contributed by atoms with Gasteiger partial charge >= 0.3 is 0 Å². The third-order valence-corrected chi connectivity index (χ3v) is 3.48. The number of hydrogen-bond donors (Lipinski definition) is 1. The van der Waals surface area contributed by atoms with Crippen LogP contribution < -0.4 is 10.5 Å². The summed E-state index contributed by atoms with van der Waals surface area (Å²) in [7, 11) is 0. The molecule has 5 heteroatoms. The minimum Gasteiger partial charge on any atom is -0.489 e. The third-order valence-electron chi connectivity index (χ3n) is 3.17. The van der Waals surface area contributed by atoms with E-state index in [2.05, 4.69) is 4.98 Å². The number of rotatable bonds is 3. The fourth-order valence-corrected chi connectivity index (χ4v) is 2.21. The minimum atomic E-state index is -0.505. The fraction of sp³-hybridized carbons (Fsp3) is 0.0625. The van der Waals surface area contributed by atoms with E-state index in [1.54, 1.807) is 12.3 Å². The second-order valence-corrected chi connectivity index (χ2v) is 4.99. The minimum absolute atomic E-state index is 0.0713. The quantitative estimate of drug-likeness (QED) is 0.738. The van der Waals surface area contributed by atoms with Crippen LogP contribution in [0.2, 0.25) is 5.02 Å². The summed E-state index contributed by atoms with van der Waals surface area (Å²) in [5, 5.41) is 0.947. The van der Waals surface area contributed by atoms with Crippen molar-refractivity contribution in [2.24, 2.45) is 0 Å². The molecule has 3 nitrogen and oxygen atoms in total. The van der Waals surface area contributed by atoms with E-state index < -0.39 is 5.82 Å². The van der Waals surface area contributed by atoms with Crippen LogP contribution in [0.3, 0.4) is 0 Å². The van der Waals surface area contributed by atoms with Crippen LogP contribution >= 0.6 is 11.6 Å². The van der Waals surface area contributed by atoms with Gasteiger partial charge in [-0.25, -0.2) is 4.39 Å². The predicted octanol–water partition coefficient (Wildman–Crippen LogP) is 4.19. The van der Waals surface area contributed by atoms with Crippen LogP contribution in [-0.2, 0) is 6.61 Å². The molecule has 3 rings (SSSR count). The summed E-state index contributed by atoms with van der Waals surface area (Å²) in [4.78, 5) is 4.33. The van der Waals surface area contributed by atoms with Crippen LogP contribution in [0.25, 0.3) is 10.9 Å². The number of hydrogen-bond acceptors (Lipinski definition) is 3. The summed E-state index contributed by atoms with van der Waals surface area (Å²) in [6.07, 6.45) is 1.70. The highest BCUT2D eigenvalue weighted by atomic mass is 35.5. The molecule has 0 bridgehead atoms. The number of pyridine rings is 1. The Morgan fingerprint density at radius 2 is 2.05 bits per heavy atom. The molecule has 0 aliphatic rings. The van der Waals surface area contributed by atoms with Crippen LogP contribution in [0.5, 0.6) is 5.75 Å². The van der Waals surface area contributed by atoms with Crippen LogP contribution in [0.4, 0.5) is 10.1 Å². The predicted molar refractivity (Wildman–Crippen MR) is 81.9 cm³/mol. The highest BCUT2D eigenvalue weighted by molar-refractivity contribution is 6.30. The van der Waals surface area contributed by atoms with Gasteiger partial charge in [-0.1, -0.05) is 17.7 Å². The molecule has 0 saturated carbocycles. The standard InChI is InChI=1S/C16H12ClFN2O/c17-13-5-4-11(8-14(13)18)21-9-10-3-6-15(19)12-2-1-7-20-16(10)12/h1-8H,9,19H2. The Morgan fingerprint density at radius 1 is 1.19 bits per heavy atom. The van der Waals surface area contributed by atoms with Gasteiger partial charge in [0.05, 0.1) is 10.5 Å². The van der Waals surface area contributed by atoms with E-state index in [9.17, 15) is 4.39 Å². The smallest absolute Gasteiger partial charge is 0.145 e. The van der Waals surface area contributed by atoms with E-state index >= 15 is 0 Å². The van der Waals surface area contributed by atoms with Crippen molar-refractivity contribution in [3.63, 3.8) is 0 Å². The molecular weight excluding hydrogens is 291 g/mol. The van der Waals surface area contributed by atoms with Gasteiger partial charge in [0.25, 0.3) is 0 Å². The average molecular weight is 303 g/mol. The van der Waals surface area contributed by atoms with E-state index in [4.69, 9.17) is 22.1 Å². The lowest BCUT2D eigenvalue weighted by atomic mass is 10.1. The molecule has 106 valence electrons. The van der Waals surface area contributed by atoms with E-state index in [0.29, 0.717) is 11.4 Å². The van der Waals surface area contributed by atoms with Crippen LogP contribution in [0.15, 0.2) is 48.7 Å².